The van der Waals surface area contributed by atoms with E-state index in [-0.39, 0.29) is 25.7 Å². The van der Waals surface area contributed by atoms with Gasteiger partial charge in [0.05, 0.1) is 26.4 Å². The molecule has 0 bridgehead atoms. The number of carbonyl (C=O) groups excluding carboxylic acids is 4. The van der Waals surface area contributed by atoms with Gasteiger partial charge in [-0.05, 0) is 49.4 Å². The SMILES string of the molecule is CC(C)CCCCCCCCCCCCCCCCCC(=O)O[C@H](COC(=O)CCCCCCCCCC(C)C)COP(=O)(O)OCC(O)COP(=O)(O)OC[C@@H](COC(=O)CCCCCCCCCCCCCCCCC(C)C)OC(=O)CCCCCCCCCCCCCCCC(C)C. The Morgan fingerprint density at radius 1 is 0.248 bits per heavy atom. The molecule has 0 saturated carbocycles. The second kappa shape index (κ2) is 71.0. The number of unbranched alkanes of at least 4 members (excludes halogenated alkanes) is 45. The van der Waals surface area contributed by atoms with Crippen LogP contribution in [0.1, 0.15) is 421 Å². The molecule has 0 aliphatic rings. The summed E-state index contributed by atoms with van der Waals surface area (Å²) in [4.78, 5) is 73.1. The number of phosphoric acid groups is 2. The summed E-state index contributed by atoms with van der Waals surface area (Å²) >= 11 is 0. The van der Waals surface area contributed by atoms with Gasteiger partial charge in [0.2, 0.25) is 0 Å². The summed E-state index contributed by atoms with van der Waals surface area (Å²) in [7, 11) is -9.92. The van der Waals surface area contributed by atoms with Crippen molar-refractivity contribution < 1.29 is 80.2 Å². The van der Waals surface area contributed by atoms with Gasteiger partial charge in [-0.2, -0.15) is 0 Å². The van der Waals surface area contributed by atoms with Crippen LogP contribution in [-0.4, -0.2) is 96.7 Å². The van der Waals surface area contributed by atoms with Gasteiger partial charge in [0.1, 0.15) is 19.3 Å². The van der Waals surface area contributed by atoms with E-state index >= 15 is 0 Å². The summed E-state index contributed by atoms with van der Waals surface area (Å²) in [5, 5.41) is 10.6. The third kappa shape index (κ3) is 76.1. The van der Waals surface area contributed by atoms with Crippen LogP contribution in [0.2, 0.25) is 0 Å². The molecule has 0 aromatic carbocycles. The van der Waals surface area contributed by atoms with Crippen molar-refractivity contribution in [1.82, 2.24) is 0 Å². The van der Waals surface area contributed by atoms with Gasteiger partial charge in [0, 0.05) is 25.7 Å². The van der Waals surface area contributed by atoms with E-state index in [4.69, 9.17) is 37.0 Å². The van der Waals surface area contributed by atoms with Gasteiger partial charge in [0.15, 0.2) is 12.2 Å². The molecule has 0 amide bonds. The molecule has 0 heterocycles. The lowest BCUT2D eigenvalue weighted by Gasteiger charge is -2.21. The highest BCUT2D eigenvalue weighted by molar-refractivity contribution is 7.47. The summed E-state index contributed by atoms with van der Waals surface area (Å²) in [6, 6.07) is 0. The fourth-order valence-corrected chi connectivity index (χ4v) is 14.2. The molecule has 0 aromatic heterocycles. The molecule has 0 rings (SSSR count). The smallest absolute Gasteiger partial charge is 0.462 e. The van der Waals surface area contributed by atoms with Crippen molar-refractivity contribution in [3.63, 3.8) is 0 Å². The highest BCUT2D eigenvalue weighted by Crippen LogP contribution is 2.45. The van der Waals surface area contributed by atoms with E-state index in [1.54, 1.807) is 0 Å². The van der Waals surface area contributed by atoms with Crippen LogP contribution >= 0.6 is 15.6 Å². The van der Waals surface area contributed by atoms with Crippen LogP contribution in [-0.2, 0) is 65.4 Å². The number of phosphoric ester groups is 2. The molecule has 0 saturated heterocycles. The zero-order valence-corrected chi connectivity index (χ0v) is 68.3. The number of hydrogen-bond donors (Lipinski definition) is 3. The maximum atomic E-state index is 13.1. The quantitative estimate of drug-likeness (QED) is 0.0222. The first-order chi connectivity index (χ1) is 48.6. The topological polar surface area (TPSA) is 237 Å². The molecule has 17 nitrogen and oxygen atoms in total. The zero-order valence-electron chi connectivity index (χ0n) is 66.5. The first-order valence-corrected chi connectivity index (χ1v) is 45.2. The second-order valence-electron chi connectivity index (χ2n) is 31.4. The number of hydrogen-bond acceptors (Lipinski definition) is 15. The van der Waals surface area contributed by atoms with Gasteiger partial charge in [0.25, 0.3) is 0 Å². The molecule has 3 unspecified atom stereocenters. The zero-order chi connectivity index (χ0) is 74.6. The van der Waals surface area contributed by atoms with Crippen molar-refractivity contribution in [2.45, 2.75) is 440 Å². The number of esters is 4. The Hall–Kier alpha value is -1.94. The molecule has 0 aromatic rings. The van der Waals surface area contributed by atoms with Gasteiger partial charge in [-0.15, -0.1) is 0 Å². The van der Waals surface area contributed by atoms with Gasteiger partial charge in [-0.3, -0.25) is 37.3 Å². The highest BCUT2D eigenvalue weighted by atomic mass is 31.2. The lowest BCUT2D eigenvalue weighted by molar-refractivity contribution is -0.161. The van der Waals surface area contributed by atoms with Crippen LogP contribution in [0.5, 0.6) is 0 Å². The molecule has 3 N–H and O–H groups in total. The molecule has 19 heteroatoms. The molecule has 5 atom stereocenters. The van der Waals surface area contributed by atoms with Crippen molar-refractivity contribution in [2.24, 2.45) is 23.7 Å². The normalized spacial score (nSPS) is 14.0. The van der Waals surface area contributed by atoms with Crippen LogP contribution in [0.3, 0.4) is 0 Å². The first-order valence-electron chi connectivity index (χ1n) is 42.2. The molecule has 0 aliphatic carbocycles. The molecule has 0 fully saturated rings. The number of aliphatic hydroxyl groups is 1. The average Bonchev–Trinajstić information content (AvgIpc) is 0.966. The van der Waals surface area contributed by atoms with Crippen molar-refractivity contribution in [2.75, 3.05) is 39.6 Å². The number of rotatable bonds is 79. The number of ether oxygens (including phenoxy) is 4. The van der Waals surface area contributed by atoms with Gasteiger partial charge in [-0.25, -0.2) is 9.13 Å². The van der Waals surface area contributed by atoms with Crippen LogP contribution in [0.4, 0.5) is 0 Å². The molecule has 600 valence electrons. The van der Waals surface area contributed by atoms with Crippen LogP contribution in [0.25, 0.3) is 0 Å². The molecule has 101 heavy (non-hydrogen) atoms. The Balaban J connectivity index is 5.24. The summed E-state index contributed by atoms with van der Waals surface area (Å²) in [6.07, 6.45) is 58.3. The molecular weight excluding hydrogens is 1320 g/mol. The standard InChI is InChI=1S/C82H160O17P2/c1-72(2)58-50-42-34-27-21-15-10-9-11-19-25-31-39-48-56-64-82(87)99-78(69-93-80(85)63-55-47-41-33-37-45-53-61-75(7)8)71-97-101(90,91)95-67-76(83)66-94-100(88,89)96-70-77(98-81(86)65-57-49-40-32-26-20-14-17-23-29-36-44-52-60-74(5)6)68-92-79(84)62-54-46-38-30-24-18-13-12-16-22-28-35-43-51-59-73(3)4/h72-78,83H,9-71H2,1-8H3,(H,88,89)(H,90,91)/t76?,77-,78-/m1/s1. The second-order valence-corrected chi connectivity index (χ2v) is 34.3. The van der Waals surface area contributed by atoms with Crippen molar-refractivity contribution in [3.05, 3.63) is 0 Å². The lowest BCUT2D eigenvalue weighted by atomic mass is 10.0. The van der Waals surface area contributed by atoms with Gasteiger partial charge < -0.3 is 33.8 Å². The minimum absolute atomic E-state index is 0.107. The summed E-state index contributed by atoms with van der Waals surface area (Å²) in [6.45, 7) is 14.3. The summed E-state index contributed by atoms with van der Waals surface area (Å²) in [5.74, 6) is 0.981. The Morgan fingerprint density at radius 3 is 0.614 bits per heavy atom. The molecule has 0 aliphatic heterocycles. The number of carbonyl (C=O) groups is 4. The predicted molar refractivity (Wildman–Crippen MR) is 414 cm³/mol. The van der Waals surface area contributed by atoms with Gasteiger partial charge in [-0.1, -0.05) is 370 Å². The minimum atomic E-state index is -4.96. The average molecular weight is 1480 g/mol. The minimum Gasteiger partial charge on any atom is -0.462 e. The Kier molecular flexibility index (Phi) is 69.6. The van der Waals surface area contributed by atoms with E-state index in [0.717, 1.165) is 114 Å². The van der Waals surface area contributed by atoms with E-state index in [0.29, 0.717) is 31.6 Å². The maximum Gasteiger partial charge on any atom is 0.472 e. The van der Waals surface area contributed by atoms with E-state index in [1.807, 2.05) is 0 Å². The summed E-state index contributed by atoms with van der Waals surface area (Å²) in [5.41, 5.74) is 0. The van der Waals surface area contributed by atoms with E-state index in [9.17, 15) is 43.2 Å². The number of aliphatic hydroxyl groups excluding tert-OH is 1. The Labute approximate surface area is 619 Å². The predicted octanol–water partition coefficient (Wildman–Crippen LogP) is 24.4. The Morgan fingerprint density at radius 2 is 0.416 bits per heavy atom. The lowest BCUT2D eigenvalue weighted by Crippen LogP contribution is -2.30. The Bertz CT molecular complexity index is 1970. The van der Waals surface area contributed by atoms with E-state index < -0.39 is 97.5 Å². The first kappa shape index (κ1) is 99.1. The van der Waals surface area contributed by atoms with Crippen molar-refractivity contribution in [3.8, 4) is 0 Å². The molecule has 0 radical (unpaired) electrons. The third-order valence-electron chi connectivity index (χ3n) is 19.1. The fraction of sp³-hybridized carbons (Fsp3) is 0.951. The fourth-order valence-electron chi connectivity index (χ4n) is 12.6. The summed E-state index contributed by atoms with van der Waals surface area (Å²) < 4.78 is 68.8. The van der Waals surface area contributed by atoms with Crippen LogP contribution < -0.4 is 0 Å². The molecule has 0 spiro atoms. The van der Waals surface area contributed by atoms with Gasteiger partial charge >= 0.3 is 39.5 Å². The van der Waals surface area contributed by atoms with Crippen molar-refractivity contribution in [1.29, 1.82) is 0 Å². The molecular formula is C82H160O17P2. The van der Waals surface area contributed by atoms with Crippen molar-refractivity contribution >= 4 is 39.5 Å². The largest absolute Gasteiger partial charge is 0.472 e. The highest BCUT2D eigenvalue weighted by Gasteiger charge is 2.30. The van der Waals surface area contributed by atoms with Crippen LogP contribution in [0.15, 0.2) is 0 Å². The van der Waals surface area contributed by atoms with Crippen LogP contribution in [0, 0.1) is 23.7 Å². The van der Waals surface area contributed by atoms with E-state index in [1.165, 1.54) is 218 Å². The maximum absolute atomic E-state index is 13.1. The monoisotopic (exact) mass is 1480 g/mol. The third-order valence-corrected chi connectivity index (χ3v) is 21.0. The van der Waals surface area contributed by atoms with E-state index in [2.05, 4.69) is 55.4 Å².